The van der Waals surface area contributed by atoms with Gasteiger partial charge in [0.15, 0.2) is 0 Å². The van der Waals surface area contributed by atoms with E-state index in [1.807, 2.05) is 0 Å². The van der Waals surface area contributed by atoms with Gasteiger partial charge in [-0.1, -0.05) is 20.8 Å². The standard InChI is InChI=1S/C10H23NO/c1-8(2)10(4)11-6-9(3)7-12-5/h8-11H,6-7H2,1-5H3. The molecule has 2 atom stereocenters. The average molecular weight is 173 g/mol. The van der Waals surface area contributed by atoms with Crippen molar-refractivity contribution in [1.29, 1.82) is 0 Å². The summed E-state index contributed by atoms with van der Waals surface area (Å²) in [7, 11) is 1.75. The summed E-state index contributed by atoms with van der Waals surface area (Å²) >= 11 is 0. The molecule has 0 bridgehead atoms. The topological polar surface area (TPSA) is 21.3 Å². The third-order valence-corrected chi connectivity index (χ3v) is 2.24. The first kappa shape index (κ1) is 11.9. The van der Waals surface area contributed by atoms with Crippen LogP contribution in [0, 0.1) is 11.8 Å². The van der Waals surface area contributed by atoms with Crippen molar-refractivity contribution in [3.63, 3.8) is 0 Å². The minimum absolute atomic E-state index is 0.601. The minimum atomic E-state index is 0.601. The molecule has 0 saturated heterocycles. The van der Waals surface area contributed by atoms with E-state index in [1.54, 1.807) is 7.11 Å². The van der Waals surface area contributed by atoms with Gasteiger partial charge in [-0.15, -0.1) is 0 Å². The van der Waals surface area contributed by atoms with Crippen LogP contribution in [0.15, 0.2) is 0 Å². The SMILES string of the molecule is COCC(C)CNC(C)C(C)C. The molecular weight excluding hydrogens is 150 g/mol. The van der Waals surface area contributed by atoms with Crippen molar-refractivity contribution in [3.8, 4) is 0 Å². The molecule has 0 aromatic rings. The van der Waals surface area contributed by atoms with E-state index >= 15 is 0 Å². The van der Waals surface area contributed by atoms with E-state index < -0.39 is 0 Å². The molecule has 12 heavy (non-hydrogen) atoms. The van der Waals surface area contributed by atoms with Gasteiger partial charge in [-0.2, -0.15) is 0 Å². The number of ether oxygens (including phenoxy) is 1. The predicted octanol–water partition coefficient (Wildman–Crippen LogP) is 1.90. The van der Waals surface area contributed by atoms with Gasteiger partial charge in [0, 0.05) is 26.3 Å². The third-order valence-electron chi connectivity index (χ3n) is 2.24. The summed E-state index contributed by atoms with van der Waals surface area (Å²) in [6, 6.07) is 0.601. The van der Waals surface area contributed by atoms with Crippen molar-refractivity contribution in [2.45, 2.75) is 33.7 Å². The molecule has 0 heterocycles. The number of hydrogen-bond donors (Lipinski definition) is 1. The van der Waals surface area contributed by atoms with Gasteiger partial charge in [0.05, 0.1) is 0 Å². The van der Waals surface area contributed by atoms with Gasteiger partial charge in [-0.05, 0) is 18.8 Å². The number of hydrogen-bond acceptors (Lipinski definition) is 2. The van der Waals surface area contributed by atoms with Crippen LogP contribution in [-0.2, 0) is 4.74 Å². The molecule has 0 saturated carbocycles. The molecule has 74 valence electrons. The van der Waals surface area contributed by atoms with Crippen molar-refractivity contribution in [3.05, 3.63) is 0 Å². The Morgan fingerprint density at radius 1 is 1.17 bits per heavy atom. The first-order valence-electron chi connectivity index (χ1n) is 4.80. The first-order chi connectivity index (χ1) is 5.57. The second-order valence-electron chi connectivity index (χ2n) is 4.00. The highest BCUT2D eigenvalue weighted by molar-refractivity contribution is 4.66. The van der Waals surface area contributed by atoms with Crippen LogP contribution < -0.4 is 5.32 Å². The van der Waals surface area contributed by atoms with Crippen LogP contribution in [0.5, 0.6) is 0 Å². The average Bonchev–Trinajstić information content (AvgIpc) is 2.00. The minimum Gasteiger partial charge on any atom is -0.384 e. The van der Waals surface area contributed by atoms with E-state index in [0.717, 1.165) is 13.2 Å². The Morgan fingerprint density at radius 2 is 1.75 bits per heavy atom. The van der Waals surface area contributed by atoms with Gasteiger partial charge < -0.3 is 10.1 Å². The zero-order valence-electron chi connectivity index (χ0n) is 9.05. The molecule has 2 unspecified atom stereocenters. The molecule has 2 nitrogen and oxygen atoms in total. The van der Waals surface area contributed by atoms with Crippen molar-refractivity contribution >= 4 is 0 Å². The van der Waals surface area contributed by atoms with Gasteiger partial charge >= 0.3 is 0 Å². The molecule has 0 fully saturated rings. The second-order valence-corrected chi connectivity index (χ2v) is 4.00. The fourth-order valence-corrected chi connectivity index (χ4v) is 0.966. The monoisotopic (exact) mass is 173 g/mol. The van der Waals surface area contributed by atoms with Crippen LogP contribution in [-0.4, -0.2) is 26.3 Å². The van der Waals surface area contributed by atoms with E-state index in [2.05, 4.69) is 33.0 Å². The summed E-state index contributed by atoms with van der Waals surface area (Å²) in [5.74, 6) is 1.32. The van der Waals surface area contributed by atoms with Crippen molar-refractivity contribution in [1.82, 2.24) is 5.32 Å². The molecule has 0 amide bonds. The molecule has 0 aromatic carbocycles. The van der Waals surface area contributed by atoms with E-state index in [-0.39, 0.29) is 0 Å². The van der Waals surface area contributed by atoms with E-state index in [0.29, 0.717) is 17.9 Å². The highest BCUT2D eigenvalue weighted by atomic mass is 16.5. The summed E-state index contributed by atoms with van der Waals surface area (Å²) in [5.41, 5.74) is 0. The maximum atomic E-state index is 5.06. The molecule has 0 aliphatic carbocycles. The van der Waals surface area contributed by atoms with Gasteiger partial charge in [-0.3, -0.25) is 0 Å². The number of nitrogens with one attached hydrogen (secondary N) is 1. The molecule has 1 N–H and O–H groups in total. The van der Waals surface area contributed by atoms with Crippen LogP contribution in [0.1, 0.15) is 27.7 Å². The normalized spacial score (nSPS) is 16.5. The maximum absolute atomic E-state index is 5.06. The second kappa shape index (κ2) is 6.44. The lowest BCUT2D eigenvalue weighted by Gasteiger charge is -2.20. The van der Waals surface area contributed by atoms with Crippen molar-refractivity contribution < 1.29 is 4.74 Å². The third kappa shape index (κ3) is 5.56. The lowest BCUT2D eigenvalue weighted by molar-refractivity contribution is 0.156. The molecular formula is C10H23NO. The number of rotatable bonds is 6. The van der Waals surface area contributed by atoms with Gasteiger partial charge in [0.2, 0.25) is 0 Å². The number of methoxy groups -OCH3 is 1. The lowest BCUT2D eigenvalue weighted by Crippen LogP contribution is -2.35. The van der Waals surface area contributed by atoms with Crippen LogP contribution in [0.3, 0.4) is 0 Å². The molecule has 0 aliphatic rings. The quantitative estimate of drug-likeness (QED) is 0.662. The summed E-state index contributed by atoms with van der Waals surface area (Å²) in [6.45, 7) is 10.8. The predicted molar refractivity (Wildman–Crippen MR) is 53.3 cm³/mol. The highest BCUT2D eigenvalue weighted by Crippen LogP contribution is 2.01. The summed E-state index contributed by atoms with van der Waals surface area (Å²) < 4.78 is 5.06. The molecule has 0 rings (SSSR count). The fourth-order valence-electron chi connectivity index (χ4n) is 0.966. The van der Waals surface area contributed by atoms with Crippen LogP contribution >= 0.6 is 0 Å². The van der Waals surface area contributed by atoms with Crippen LogP contribution in [0.2, 0.25) is 0 Å². The first-order valence-corrected chi connectivity index (χ1v) is 4.80. The van der Waals surface area contributed by atoms with Crippen molar-refractivity contribution in [2.75, 3.05) is 20.3 Å². The Balaban J connectivity index is 3.40. The maximum Gasteiger partial charge on any atom is 0.0499 e. The smallest absolute Gasteiger partial charge is 0.0499 e. The van der Waals surface area contributed by atoms with Gasteiger partial charge in [0.25, 0.3) is 0 Å². The van der Waals surface area contributed by atoms with Gasteiger partial charge in [0.1, 0.15) is 0 Å². The largest absolute Gasteiger partial charge is 0.384 e. The van der Waals surface area contributed by atoms with E-state index in [1.165, 1.54) is 0 Å². The summed E-state index contributed by atoms with van der Waals surface area (Å²) in [5, 5.41) is 3.49. The Kier molecular flexibility index (Phi) is 6.39. The zero-order chi connectivity index (χ0) is 9.56. The van der Waals surface area contributed by atoms with E-state index in [9.17, 15) is 0 Å². The Hall–Kier alpha value is -0.0800. The van der Waals surface area contributed by atoms with E-state index in [4.69, 9.17) is 4.74 Å². The Labute approximate surface area is 76.7 Å². The highest BCUT2D eigenvalue weighted by Gasteiger charge is 2.07. The van der Waals surface area contributed by atoms with Crippen LogP contribution in [0.4, 0.5) is 0 Å². The fraction of sp³-hybridized carbons (Fsp3) is 1.00. The molecule has 0 aliphatic heterocycles. The van der Waals surface area contributed by atoms with Crippen molar-refractivity contribution in [2.24, 2.45) is 11.8 Å². The molecule has 0 aromatic heterocycles. The van der Waals surface area contributed by atoms with Gasteiger partial charge in [-0.25, -0.2) is 0 Å². The lowest BCUT2D eigenvalue weighted by atomic mass is 10.1. The zero-order valence-corrected chi connectivity index (χ0v) is 9.05. The Bertz CT molecular complexity index is 104. The summed E-state index contributed by atoms with van der Waals surface area (Å²) in [6.07, 6.45) is 0. The summed E-state index contributed by atoms with van der Waals surface area (Å²) in [4.78, 5) is 0. The molecule has 0 radical (unpaired) electrons. The molecule has 0 spiro atoms. The van der Waals surface area contributed by atoms with Crippen LogP contribution in [0.25, 0.3) is 0 Å². The molecule has 2 heteroatoms. The Morgan fingerprint density at radius 3 is 2.17 bits per heavy atom.